The van der Waals surface area contributed by atoms with Gasteiger partial charge in [0, 0.05) is 7.05 Å². The average Bonchev–Trinajstić information content (AvgIpc) is 2.96. The summed E-state index contributed by atoms with van der Waals surface area (Å²) in [5.41, 5.74) is 0.588. The number of ether oxygens (including phenoxy) is 1. The smallest absolute Gasteiger partial charge is 0.319 e. The topological polar surface area (TPSA) is 78.5 Å². The van der Waals surface area contributed by atoms with Gasteiger partial charge in [0.15, 0.2) is 5.16 Å². The molecule has 1 aromatic carbocycles. The first-order valence-corrected chi connectivity index (χ1v) is 8.08. The summed E-state index contributed by atoms with van der Waals surface area (Å²) in [5, 5.41) is 8.94. The van der Waals surface area contributed by atoms with Gasteiger partial charge < -0.3 is 4.74 Å². The van der Waals surface area contributed by atoms with E-state index in [0.29, 0.717) is 28.4 Å². The van der Waals surface area contributed by atoms with Gasteiger partial charge in [-0.1, -0.05) is 23.9 Å². The van der Waals surface area contributed by atoms with Gasteiger partial charge >= 0.3 is 5.97 Å². The Bertz CT molecular complexity index is 947. The summed E-state index contributed by atoms with van der Waals surface area (Å²) in [6.07, 6.45) is 0. The van der Waals surface area contributed by atoms with Gasteiger partial charge in [-0.3, -0.25) is 18.6 Å². The SMILES string of the molecule is CCOC(=O)C(C)Sc1nnc2n(C)c(=O)c3ccccc3n12. The molecule has 120 valence electrons. The number of benzene rings is 1. The molecular weight excluding hydrogens is 316 g/mol. The Labute approximate surface area is 136 Å². The highest BCUT2D eigenvalue weighted by Gasteiger charge is 2.21. The maximum atomic E-state index is 12.4. The summed E-state index contributed by atoms with van der Waals surface area (Å²) in [7, 11) is 1.65. The van der Waals surface area contributed by atoms with Crippen LogP contribution in [0.15, 0.2) is 34.2 Å². The third kappa shape index (κ3) is 2.59. The van der Waals surface area contributed by atoms with Crippen molar-refractivity contribution in [3.8, 4) is 0 Å². The van der Waals surface area contributed by atoms with Crippen LogP contribution in [0, 0.1) is 0 Å². The number of carbonyl (C=O) groups is 1. The normalized spacial score (nSPS) is 12.7. The number of hydrogen-bond donors (Lipinski definition) is 0. The summed E-state index contributed by atoms with van der Waals surface area (Å²) < 4.78 is 8.26. The molecule has 0 spiro atoms. The molecule has 0 amide bonds. The molecule has 3 rings (SSSR count). The molecule has 7 nitrogen and oxygen atoms in total. The number of aromatic nitrogens is 4. The first-order valence-electron chi connectivity index (χ1n) is 7.20. The predicted octanol–water partition coefficient (Wildman–Crippen LogP) is 1.62. The van der Waals surface area contributed by atoms with Crippen LogP contribution in [0.25, 0.3) is 16.7 Å². The van der Waals surface area contributed by atoms with Crippen molar-refractivity contribution in [1.29, 1.82) is 0 Å². The minimum atomic E-state index is -0.418. The quantitative estimate of drug-likeness (QED) is 0.534. The molecule has 0 saturated carbocycles. The van der Waals surface area contributed by atoms with Gasteiger partial charge in [0.25, 0.3) is 5.56 Å². The summed E-state index contributed by atoms with van der Waals surface area (Å²) in [5.74, 6) is 0.135. The third-order valence-electron chi connectivity index (χ3n) is 3.50. The van der Waals surface area contributed by atoms with E-state index in [9.17, 15) is 9.59 Å². The van der Waals surface area contributed by atoms with Crippen LogP contribution in [0.3, 0.4) is 0 Å². The van der Waals surface area contributed by atoms with Gasteiger partial charge in [-0.2, -0.15) is 0 Å². The summed E-state index contributed by atoms with van der Waals surface area (Å²) in [6.45, 7) is 3.86. The lowest BCUT2D eigenvalue weighted by molar-refractivity contribution is -0.142. The number of hydrogen-bond acceptors (Lipinski definition) is 6. The second kappa shape index (κ2) is 6.04. The molecule has 3 aromatic rings. The van der Waals surface area contributed by atoms with Crippen molar-refractivity contribution in [2.75, 3.05) is 6.61 Å². The van der Waals surface area contributed by atoms with Crippen molar-refractivity contribution in [2.45, 2.75) is 24.3 Å². The van der Waals surface area contributed by atoms with Crippen LogP contribution in [-0.2, 0) is 16.6 Å². The van der Waals surface area contributed by atoms with Gasteiger partial charge in [0.1, 0.15) is 5.25 Å². The number of para-hydroxylation sites is 1. The first kappa shape index (κ1) is 15.5. The van der Waals surface area contributed by atoms with E-state index in [2.05, 4.69) is 10.2 Å². The molecule has 0 aliphatic rings. The Morgan fingerprint density at radius 1 is 1.35 bits per heavy atom. The second-order valence-corrected chi connectivity index (χ2v) is 6.32. The summed E-state index contributed by atoms with van der Waals surface area (Å²) >= 11 is 1.26. The van der Waals surface area contributed by atoms with Crippen molar-refractivity contribution < 1.29 is 9.53 Å². The molecule has 2 heterocycles. The maximum Gasteiger partial charge on any atom is 0.319 e. The predicted molar refractivity (Wildman–Crippen MR) is 87.7 cm³/mol. The number of thioether (sulfide) groups is 1. The zero-order valence-electron chi connectivity index (χ0n) is 13.0. The minimum Gasteiger partial charge on any atom is -0.465 e. The van der Waals surface area contributed by atoms with E-state index in [1.165, 1.54) is 16.3 Å². The van der Waals surface area contributed by atoms with E-state index in [-0.39, 0.29) is 11.5 Å². The molecule has 0 saturated heterocycles. The largest absolute Gasteiger partial charge is 0.465 e. The van der Waals surface area contributed by atoms with E-state index in [0.717, 1.165) is 0 Å². The van der Waals surface area contributed by atoms with Crippen LogP contribution in [0.1, 0.15) is 13.8 Å². The van der Waals surface area contributed by atoms with Crippen LogP contribution in [0.4, 0.5) is 0 Å². The molecule has 1 unspecified atom stereocenters. The molecule has 0 aliphatic heterocycles. The fourth-order valence-electron chi connectivity index (χ4n) is 2.35. The molecule has 0 radical (unpaired) electrons. The van der Waals surface area contributed by atoms with Crippen LogP contribution in [0.2, 0.25) is 0 Å². The number of fused-ring (bicyclic) bond motifs is 3. The van der Waals surface area contributed by atoms with E-state index < -0.39 is 5.25 Å². The van der Waals surface area contributed by atoms with Gasteiger partial charge in [-0.25, -0.2) is 0 Å². The summed E-state index contributed by atoms with van der Waals surface area (Å²) in [6, 6.07) is 7.27. The number of esters is 1. The van der Waals surface area contributed by atoms with Gasteiger partial charge in [-0.15, -0.1) is 10.2 Å². The number of rotatable bonds is 4. The molecule has 1 atom stereocenters. The van der Waals surface area contributed by atoms with Crippen LogP contribution >= 0.6 is 11.8 Å². The lowest BCUT2D eigenvalue weighted by atomic mass is 10.2. The summed E-state index contributed by atoms with van der Waals surface area (Å²) in [4.78, 5) is 24.2. The zero-order chi connectivity index (χ0) is 16.6. The number of carbonyl (C=O) groups excluding carboxylic acids is 1. The Hall–Kier alpha value is -2.35. The highest BCUT2D eigenvalue weighted by Crippen LogP contribution is 2.25. The molecule has 23 heavy (non-hydrogen) atoms. The van der Waals surface area contributed by atoms with Gasteiger partial charge in [0.2, 0.25) is 5.78 Å². The van der Waals surface area contributed by atoms with E-state index >= 15 is 0 Å². The van der Waals surface area contributed by atoms with Crippen molar-refractivity contribution in [1.82, 2.24) is 19.2 Å². The number of nitrogens with zero attached hydrogens (tertiary/aromatic N) is 4. The van der Waals surface area contributed by atoms with Crippen molar-refractivity contribution in [3.05, 3.63) is 34.6 Å². The minimum absolute atomic E-state index is 0.129. The Kier molecular flexibility index (Phi) is 4.08. The highest BCUT2D eigenvalue weighted by atomic mass is 32.2. The maximum absolute atomic E-state index is 12.4. The molecule has 0 fully saturated rings. The third-order valence-corrected chi connectivity index (χ3v) is 4.52. The second-order valence-electron chi connectivity index (χ2n) is 5.01. The molecule has 0 bridgehead atoms. The van der Waals surface area contributed by atoms with Crippen molar-refractivity contribution >= 4 is 34.4 Å². The molecule has 8 heteroatoms. The lowest BCUT2D eigenvalue weighted by Gasteiger charge is -2.10. The monoisotopic (exact) mass is 332 g/mol. The first-order chi connectivity index (χ1) is 11.0. The van der Waals surface area contributed by atoms with E-state index in [1.54, 1.807) is 31.4 Å². The molecular formula is C15H16N4O3S. The Morgan fingerprint density at radius 2 is 2.09 bits per heavy atom. The fraction of sp³-hybridized carbons (Fsp3) is 0.333. The molecule has 2 aromatic heterocycles. The van der Waals surface area contributed by atoms with Crippen LogP contribution in [-0.4, -0.2) is 37.0 Å². The standard InChI is InChI=1S/C15H16N4O3S/c1-4-22-13(21)9(2)23-15-17-16-14-18(3)12(20)10-7-5-6-8-11(10)19(14)15/h5-9H,4H2,1-3H3. The average molecular weight is 332 g/mol. The van der Waals surface area contributed by atoms with Crippen LogP contribution in [0.5, 0.6) is 0 Å². The Morgan fingerprint density at radius 3 is 2.83 bits per heavy atom. The van der Waals surface area contributed by atoms with E-state index in [1.807, 2.05) is 18.2 Å². The van der Waals surface area contributed by atoms with Crippen molar-refractivity contribution in [2.24, 2.45) is 7.05 Å². The van der Waals surface area contributed by atoms with Crippen molar-refractivity contribution in [3.63, 3.8) is 0 Å². The molecule has 0 N–H and O–H groups in total. The van der Waals surface area contributed by atoms with Crippen LogP contribution < -0.4 is 5.56 Å². The highest BCUT2D eigenvalue weighted by molar-refractivity contribution is 8.00. The lowest BCUT2D eigenvalue weighted by Crippen LogP contribution is -2.20. The van der Waals surface area contributed by atoms with Gasteiger partial charge in [0.05, 0.1) is 17.5 Å². The van der Waals surface area contributed by atoms with Gasteiger partial charge in [-0.05, 0) is 26.0 Å². The number of aryl methyl sites for hydroxylation is 1. The Balaban J connectivity index is 2.17. The molecule has 0 aliphatic carbocycles. The van der Waals surface area contributed by atoms with E-state index in [4.69, 9.17) is 4.74 Å². The fourth-order valence-corrected chi connectivity index (χ4v) is 3.21. The zero-order valence-corrected chi connectivity index (χ0v) is 13.8.